The second-order valence-corrected chi connectivity index (χ2v) is 4.87. The Morgan fingerprint density at radius 1 is 1.38 bits per heavy atom. The molecule has 1 aromatic heterocycles. The lowest BCUT2D eigenvalue weighted by molar-refractivity contribution is -0.147. The molecule has 0 aliphatic heterocycles. The molecule has 130 valence electrons. The smallest absolute Gasteiger partial charge is 0.451 e. The SMILES string of the molecule is COc1cccc(C(=O)NCCn2nc(C(F)(F)F)n(C)c2=O)c1. The highest BCUT2D eigenvalue weighted by molar-refractivity contribution is 5.94. The highest BCUT2D eigenvalue weighted by atomic mass is 19.4. The Morgan fingerprint density at radius 2 is 2.08 bits per heavy atom. The first-order chi connectivity index (χ1) is 11.2. The standard InChI is InChI=1S/C14H15F3N4O3/c1-20-12(14(15,16)17)19-21(13(20)23)7-6-18-11(22)9-4-3-5-10(8-9)24-2/h3-5,8H,6-7H2,1-2H3,(H,18,22). The van der Waals surface area contributed by atoms with Crippen LogP contribution in [0, 0.1) is 0 Å². The summed E-state index contributed by atoms with van der Waals surface area (Å²) in [5.41, 5.74) is -0.573. The second-order valence-electron chi connectivity index (χ2n) is 4.87. The van der Waals surface area contributed by atoms with Crippen LogP contribution in [0.2, 0.25) is 0 Å². The lowest BCUT2D eigenvalue weighted by Gasteiger charge is -2.06. The first kappa shape index (κ1) is 17.6. The first-order valence-electron chi connectivity index (χ1n) is 6.87. The zero-order valence-corrected chi connectivity index (χ0v) is 12.9. The summed E-state index contributed by atoms with van der Waals surface area (Å²) in [7, 11) is 2.45. The topological polar surface area (TPSA) is 78.2 Å². The van der Waals surface area contributed by atoms with Crippen molar-refractivity contribution in [1.82, 2.24) is 19.7 Å². The summed E-state index contributed by atoms with van der Waals surface area (Å²) < 4.78 is 44.1. The minimum atomic E-state index is -4.72. The van der Waals surface area contributed by atoms with E-state index >= 15 is 0 Å². The van der Waals surface area contributed by atoms with Crippen molar-refractivity contribution in [3.63, 3.8) is 0 Å². The van der Waals surface area contributed by atoms with Crippen LogP contribution < -0.4 is 15.7 Å². The number of aromatic nitrogens is 3. The van der Waals surface area contributed by atoms with Crippen LogP contribution in [0.3, 0.4) is 0 Å². The van der Waals surface area contributed by atoms with E-state index in [2.05, 4.69) is 10.4 Å². The van der Waals surface area contributed by atoms with Gasteiger partial charge in [-0.1, -0.05) is 6.07 Å². The number of halogens is 3. The third-order valence-corrected chi connectivity index (χ3v) is 3.24. The summed E-state index contributed by atoms with van der Waals surface area (Å²) in [5.74, 6) is -1.22. The van der Waals surface area contributed by atoms with Crippen molar-refractivity contribution in [2.45, 2.75) is 12.7 Å². The van der Waals surface area contributed by atoms with E-state index in [1.165, 1.54) is 13.2 Å². The molecule has 24 heavy (non-hydrogen) atoms. The van der Waals surface area contributed by atoms with Crippen molar-refractivity contribution in [3.8, 4) is 5.75 Å². The van der Waals surface area contributed by atoms with Gasteiger partial charge >= 0.3 is 11.9 Å². The second kappa shape index (κ2) is 6.77. The molecule has 0 unspecified atom stereocenters. The van der Waals surface area contributed by atoms with E-state index in [0.717, 1.165) is 7.05 Å². The van der Waals surface area contributed by atoms with Gasteiger partial charge in [0.1, 0.15) is 5.75 Å². The molecule has 1 amide bonds. The van der Waals surface area contributed by atoms with Gasteiger partial charge in [0.25, 0.3) is 5.91 Å². The number of hydrogen-bond acceptors (Lipinski definition) is 4. The third kappa shape index (κ3) is 3.76. The van der Waals surface area contributed by atoms with E-state index in [-0.39, 0.29) is 13.1 Å². The highest BCUT2D eigenvalue weighted by Gasteiger charge is 2.37. The van der Waals surface area contributed by atoms with Gasteiger partial charge in [-0.05, 0) is 18.2 Å². The first-order valence-corrected chi connectivity index (χ1v) is 6.87. The fourth-order valence-electron chi connectivity index (χ4n) is 2.02. The van der Waals surface area contributed by atoms with Gasteiger partial charge in [-0.3, -0.25) is 9.36 Å². The quantitative estimate of drug-likeness (QED) is 0.879. The lowest BCUT2D eigenvalue weighted by atomic mass is 10.2. The average Bonchev–Trinajstić information content (AvgIpc) is 2.83. The average molecular weight is 344 g/mol. The lowest BCUT2D eigenvalue weighted by Crippen LogP contribution is -2.31. The highest BCUT2D eigenvalue weighted by Crippen LogP contribution is 2.25. The van der Waals surface area contributed by atoms with E-state index in [9.17, 15) is 22.8 Å². The van der Waals surface area contributed by atoms with Gasteiger partial charge in [0.2, 0.25) is 5.82 Å². The largest absolute Gasteiger partial charge is 0.497 e. The summed E-state index contributed by atoms with van der Waals surface area (Å²) in [6.45, 7) is -0.233. The summed E-state index contributed by atoms with van der Waals surface area (Å²) >= 11 is 0. The molecule has 0 spiro atoms. The number of amides is 1. The summed E-state index contributed by atoms with van der Waals surface area (Å²) in [6.07, 6.45) is -4.72. The molecule has 0 bridgehead atoms. The number of carbonyl (C=O) groups is 1. The Balaban J connectivity index is 2.02. The van der Waals surface area contributed by atoms with Crippen molar-refractivity contribution in [2.75, 3.05) is 13.7 Å². The maximum absolute atomic E-state index is 12.7. The molecular formula is C14H15F3N4O3. The van der Waals surface area contributed by atoms with Gasteiger partial charge in [-0.2, -0.15) is 13.2 Å². The van der Waals surface area contributed by atoms with Crippen molar-refractivity contribution in [2.24, 2.45) is 7.05 Å². The predicted octanol–water partition coefficient (Wildman–Crippen LogP) is 1.04. The Bertz CT molecular complexity index is 795. The maximum atomic E-state index is 12.7. The van der Waals surface area contributed by atoms with Gasteiger partial charge < -0.3 is 10.1 Å². The molecule has 7 nitrogen and oxygen atoms in total. The molecule has 0 atom stereocenters. The van der Waals surface area contributed by atoms with Crippen LogP contribution in [0.4, 0.5) is 13.2 Å². The number of alkyl halides is 3. The van der Waals surface area contributed by atoms with Gasteiger partial charge in [-0.25, -0.2) is 9.48 Å². The number of benzene rings is 1. The molecule has 0 aliphatic carbocycles. The van der Waals surface area contributed by atoms with Gasteiger partial charge in [0, 0.05) is 19.2 Å². The maximum Gasteiger partial charge on any atom is 0.451 e. The van der Waals surface area contributed by atoms with E-state index < -0.39 is 23.6 Å². The number of hydrogen-bond donors (Lipinski definition) is 1. The minimum absolute atomic E-state index is 0.0513. The molecule has 10 heteroatoms. The number of rotatable bonds is 5. The Morgan fingerprint density at radius 3 is 2.67 bits per heavy atom. The number of nitrogens with one attached hydrogen (secondary N) is 1. The Kier molecular flexibility index (Phi) is 4.96. The van der Waals surface area contributed by atoms with Gasteiger partial charge in [0.05, 0.1) is 13.7 Å². The van der Waals surface area contributed by atoms with Crippen LogP contribution >= 0.6 is 0 Å². The molecule has 0 saturated carbocycles. The molecule has 2 aromatic rings. The Labute approximate surface area is 134 Å². The predicted molar refractivity (Wildman–Crippen MR) is 77.8 cm³/mol. The zero-order chi connectivity index (χ0) is 17.9. The number of nitrogens with zero attached hydrogens (tertiary/aromatic N) is 3. The molecule has 2 rings (SSSR count). The number of methoxy groups -OCH3 is 1. The van der Waals surface area contributed by atoms with Crippen molar-refractivity contribution < 1.29 is 22.7 Å². The molecule has 0 radical (unpaired) electrons. The molecule has 0 fully saturated rings. The molecule has 0 saturated heterocycles. The van der Waals surface area contributed by atoms with E-state index in [4.69, 9.17) is 4.74 Å². The van der Waals surface area contributed by atoms with Gasteiger partial charge in [-0.15, -0.1) is 5.10 Å². The molecule has 1 heterocycles. The summed E-state index contributed by atoms with van der Waals surface area (Å²) in [5, 5.41) is 5.76. The molecule has 0 aliphatic rings. The minimum Gasteiger partial charge on any atom is -0.497 e. The number of carbonyl (C=O) groups excluding carboxylic acids is 1. The van der Waals surface area contributed by atoms with E-state index in [1.807, 2.05) is 0 Å². The van der Waals surface area contributed by atoms with Crippen LogP contribution in [-0.2, 0) is 19.8 Å². The van der Waals surface area contributed by atoms with Crippen LogP contribution in [-0.4, -0.2) is 33.9 Å². The van der Waals surface area contributed by atoms with Crippen LogP contribution in [0.5, 0.6) is 5.75 Å². The van der Waals surface area contributed by atoms with Gasteiger partial charge in [0.15, 0.2) is 0 Å². The molecular weight excluding hydrogens is 329 g/mol. The van der Waals surface area contributed by atoms with E-state index in [1.54, 1.807) is 18.2 Å². The third-order valence-electron chi connectivity index (χ3n) is 3.24. The van der Waals surface area contributed by atoms with Crippen molar-refractivity contribution >= 4 is 5.91 Å². The molecule has 1 aromatic carbocycles. The van der Waals surface area contributed by atoms with Crippen LogP contribution in [0.15, 0.2) is 29.1 Å². The summed E-state index contributed by atoms with van der Waals surface area (Å²) in [4.78, 5) is 23.7. The summed E-state index contributed by atoms with van der Waals surface area (Å²) in [6, 6.07) is 6.38. The van der Waals surface area contributed by atoms with Crippen molar-refractivity contribution in [3.05, 3.63) is 46.1 Å². The fraction of sp³-hybridized carbons (Fsp3) is 0.357. The van der Waals surface area contributed by atoms with Crippen LogP contribution in [0.25, 0.3) is 0 Å². The van der Waals surface area contributed by atoms with E-state index in [0.29, 0.717) is 20.6 Å². The normalized spacial score (nSPS) is 11.4. The fourth-order valence-corrected chi connectivity index (χ4v) is 2.02. The number of ether oxygens (including phenoxy) is 1. The molecule has 1 N–H and O–H groups in total. The zero-order valence-electron chi connectivity index (χ0n) is 12.9. The Hall–Kier alpha value is -2.78. The van der Waals surface area contributed by atoms with Crippen LogP contribution in [0.1, 0.15) is 16.2 Å². The monoisotopic (exact) mass is 344 g/mol. The van der Waals surface area contributed by atoms with Crippen molar-refractivity contribution in [1.29, 1.82) is 0 Å².